The quantitative estimate of drug-likeness (QED) is 0.499. The predicted octanol–water partition coefficient (Wildman–Crippen LogP) is 1.55. The van der Waals surface area contributed by atoms with Crippen LogP contribution in [0.4, 0.5) is 0 Å². The Balaban J connectivity index is 1.54. The van der Waals surface area contributed by atoms with Crippen molar-refractivity contribution in [2.75, 3.05) is 6.54 Å². The Morgan fingerprint density at radius 2 is 1.86 bits per heavy atom. The number of para-hydroxylation sites is 2. The maximum absolute atomic E-state index is 12.3. The SMILES string of the molecule is CCCCc1nc2ccccc2n1CC(=O)NNC(=O)CNC(=O)c1ccco1. The molecule has 3 aromatic rings. The van der Waals surface area contributed by atoms with E-state index in [1.807, 2.05) is 28.8 Å². The zero-order chi connectivity index (χ0) is 20.6. The molecule has 3 amide bonds. The molecule has 3 N–H and O–H groups in total. The molecule has 0 spiro atoms. The second kappa shape index (κ2) is 9.54. The molecule has 9 heteroatoms. The number of unbranched alkanes of at least 4 members (excludes halogenated alkanes) is 1. The largest absolute Gasteiger partial charge is 0.459 e. The summed E-state index contributed by atoms with van der Waals surface area (Å²) in [6.07, 6.45) is 4.12. The smallest absolute Gasteiger partial charge is 0.287 e. The van der Waals surface area contributed by atoms with Gasteiger partial charge in [0.05, 0.1) is 23.8 Å². The lowest BCUT2D eigenvalue weighted by Gasteiger charge is -2.11. The van der Waals surface area contributed by atoms with Crippen LogP contribution in [-0.4, -0.2) is 33.8 Å². The Labute approximate surface area is 167 Å². The van der Waals surface area contributed by atoms with Gasteiger partial charge < -0.3 is 14.3 Å². The summed E-state index contributed by atoms with van der Waals surface area (Å²) in [6.45, 7) is 1.83. The van der Waals surface area contributed by atoms with Gasteiger partial charge in [0.2, 0.25) is 0 Å². The number of nitrogens with zero attached hydrogens (tertiary/aromatic N) is 2. The van der Waals surface area contributed by atoms with E-state index in [-0.39, 0.29) is 18.8 Å². The molecule has 0 atom stereocenters. The van der Waals surface area contributed by atoms with E-state index in [2.05, 4.69) is 28.1 Å². The number of carbonyl (C=O) groups excluding carboxylic acids is 3. The molecule has 0 aliphatic rings. The second-order valence-corrected chi connectivity index (χ2v) is 6.46. The fourth-order valence-electron chi connectivity index (χ4n) is 2.85. The van der Waals surface area contributed by atoms with Gasteiger partial charge in [0, 0.05) is 6.42 Å². The number of hydrogen-bond acceptors (Lipinski definition) is 5. The molecular formula is C20H23N5O4. The van der Waals surface area contributed by atoms with Gasteiger partial charge in [-0.15, -0.1) is 0 Å². The van der Waals surface area contributed by atoms with Crippen LogP contribution in [-0.2, 0) is 22.6 Å². The highest BCUT2D eigenvalue weighted by molar-refractivity contribution is 5.94. The molecule has 0 radical (unpaired) electrons. The molecule has 152 valence electrons. The number of aryl methyl sites for hydroxylation is 1. The summed E-state index contributed by atoms with van der Waals surface area (Å²) >= 11 is 0. The van der Waals surface area contributed by atoms with Crippen LogP contribution in [0.5, 0.6) is 0 Å². The minimum absolute atomic E-state index is 0.0264. The molecule has 9 nitrogen and oxygen atoms in total. The number of hydrogen-bond donors (Lipinski definition) is 3. The Kier molecular flexibility index (Phi) is 6.62. The van der Waals surface area contributed by atoms with E-state index < -0.39 is 17.7 Å². The van der Waals surface area contributed by atoms with Crippen molar-refractivity contribution >= 4 is 28.8 Å². The third kappa shape index (κ3) is 5.22. The Morgan fingerprint density at radius 3 is 2.62 bits per heavy atom. The van der Waals surface area contributed by atoms with Crippen LogP contribution in [0.25, 0.3) is 11.0 Å². The molecule has 1 aromatic carbocycles. The zero-order valence-electron chi connectivity index (χ0n) is 16.1. The zero-order valence-corrected chi connectivity index (χ0v) is 16.1. The first kappa shape index (κ1) is 20.1. The fourth-order valence-corrected chi connectivity index (χ4v) is 2.85. The molecular weight excluding hydrogens is 374 g/mol. The van der Waals surface area contributed by atoms with Crippen LogP contribution < -0.4 is 16.2 Å². The van der Waals surface area contributed by atoms with Crippen molar-refractivity contribution in [3.63, 3.8) is 0 Å². The summed E-state index contributed by atoms with van der Waals surface area (Å²) in [4.78, 5) is 40.5. The highest BCUT2D eigenvalue weighted by Gasteiger charge is 2.14. The van der Waals surface area contributed by atoms with Crippen molar-refractivity contribution in [3.8, 4) is 0 Å². The van der Waals surface area contributed by atoms with Crippen LogP contribution >= 0.6 is 0 Å². The van der Waals surface area contributed by atoms with Crippen molar-refractivity contribution in [3.05, 3.63) is 54.2 Å². The molecule has 2 aromatic heterocycles. The first-order chi connectivity index (χ1) is 14.1. The van der Waals surface area contributed by atoms with Crippen molar-refractivity contribution in [2.24, 2.45) is 0 Å². The van der Waals surface area contributed by atoms with E-state index in [0.29, 0.717) is 0 Å². The van der Waals surface area contributed by atoms with Crippen LogP contribution in [0.2, 0.25) is 0 Å². The lowest BCUT2D eigenvalue weighted by Crippen LogP contribution is -2.47. The van der Waals surface area contributed by atoms with Gasteiger partial charge in [0.25, 0.3) is 17.7 Å². The average Bonchev–Trinajstić information content (AvgIpc) is 3.38. The van der Waals surface area contributed by atoms with Crippen LogP contribution in [0.3, 0.4) is 0 Å². The first-order valence-electron chi connectivity index (χ1n) is 9.42. The van der Waals surface area contributed by atoms with E-state index >= 15 is 0 Å². The van der Waals surface area contributed by atoms with E-state index in [1.165, 1.54) is 12.3 Å². The average molecular weight is 397 g/mol. The molecule has 29 heavy (non-hydrogen) atoms. The van der Waals surface area contributed by atoms with Gasteiger partial charge in [0.15, 0.2) is 5.76 Å². The van der Waals surface area contributed by atoms with Crippen molar-refractivity contribution in [1.82, 2.24) is 25.7 Å². The van der Waals surface area contributed by atoms with Gasteiger partial charge in [-0.25, -0.2) is 4.98 Å². The maximum Gasteiger partial charge on any atom is 0.287 e. The van der Waals surface area contributed by atoms with Gasteiger partial charge in [-0.1, -0.05) is 25.5 Å². The number of rotatable bonds is 8. The van der Waals surface area contributed by atoms with Crippen molar-refractivity contribution < 1.29 is 18.8 Å². The maximum atomic E-state index is 12.3. The highest BCUT2D eigenvalue weighted by atomic mass is 16.3. The van der Waals surface area contributed by atoms with Gasteiger partial charge in [-0.05, 0) is 30.7 Å². The Bertz CT molecular complexity index is 994. The Morgan fingerprint density at radius 1 is 1.07 bits per heavy atom. The number of furan rings is 1. The van der Waals surface area contributed by atoms with Gasteiger partial charge >= 0.3 is 0 Å². The van der Waals surface area contributed by atoms with Crippen molar-refractivity contribution in [1.29, 1.82) is 0 Å². The van der Waals surface area contributed by atoms with Gasteiger partial charge in [0.1, 0.15) is 12.4 Å². The number of nitrogens with one attached hydrogen (secondary N) is 3. The third-order valence-corrected chi connectivity index (χ3v) is 4.29. The summed E-state index contributed by atoms with van der Waals surface area (Å²) in [5.41, 5.74) is 6.35. The number of carbonyl (C=O) groups is 3. The number of imidazole rings is 1. The summed E-state index contributed by atoms with van der Waals surface area (Å²) in [5, 5.41) is 2.40. The Hall–Kier alpha value is -3.62. The normalized spacial score (nSPS) is 10.7. The number of hydrazine groups is 1. The minimum Gasteiger partial charge on any atom is -0.459 e. The van der Waals surface area contributed by atoms with Crippen LogP contribution in [0, 0.1) is 0 Å². The topological polar surface area (TPSA) is 118 Å². The standard InChI is InChI=1S/C20H23N5O4/c1-2-3-10-17-22-14-7-4-5-8-15(14)25(17)13-19(27)24-23-18(26)12-21-20(28)16-9-6-11-29-16/h4-9,11H,2-3,10,12-13H2,1H3,(H,21,28)(H,23,26)(H,24,27). The molecule has 0 fully saturated rings. The summed E-state index contributed by atoms with van der Waals surface area (Å²) < 4.78 is 6.79. The number of amides is 3. The van der Waals surface area contributed by atoms with Crippen LogP contribution in [0.1, 0.15) is 36.1 Å². The predicted molar refractivity (Wildman–Crippen MR) is 106 cm³/mol. The first-order valence-corrected chi connectivity index (χ1v) is 9.42. The lowest BCUT2D eigenvalue weighted by atomic mass is 10.2. The fraction of sp³-hybridized carbons (Fsp3) is 0.300. The summed E-state index contributed by atoms with van der Waals surface area (Å²) in [7, 11) is 0. The third-order valence-electron chi connectivity index (χ3n) is 4.29. The van der Waals surface area contributed by atoms with E-state index in [0.717, 1.165) is 36.1 Å². The number of fused-ring (bicyclic) bond motifs is 1. The van der Waals surface area contributed by atoms with Crippen molar-refractivity contribution in [2.45, 2.75) is 32.7 Å². The summed E-state index contributed by atoms with van der Waals surface area (Å²) in [6, 6.07) is 10.7. The molecule has 0 saturated heterocycles. The summed E-state index contributed by atoms with van der Waals surface area (Å²) in [5.74, 6) is -0.521. The highest BCUT2D eigenvalue weighted by Crippen LogP contribution is 2.17. The second-order valence-electron chi connectivity index (χ2n) is 6.46. The van der Waals surface area contributed by atoms with Gasteiger partial charge in [-0.2, -0.15) is 0 Å². The molecule has 0 bridgehead atoms. The van der Waals surface area contributed by atoms with E-state index in [1.54, 1.807) is 6.07 Å². The molecule has 0 aliphatic heterocycles. The van der Waals surface area contributed by atoms with E-state index in [4.69, 9.17) is 4.42 Å². The lowest BCUT2D eigenvalue weighted by molar-refractivity contribution is -0.128. The number of aromatic nitrogens is 2. The molecule has 0 unspecified atom stereocenters. The van der Waals surface area contributed by atoms with Crippen LogP contribution in [0.15, 0.2) is 47.1 Å². The molecule has 0 aliphatic carbocycles. The molecule has 2 heterocycles. The van der Waals surface area contributed by atoms with E-state index in [9.17, 15) is 14.4 Å². The molecule has 3 rings (SSSR count). The monoisotopic (exact) mass is 397 g/mol. The molecule has 0 saturated carbocycles. The van der Waals surface area contributed by atoms with Gasteiger partial charge in [-0.3, -0.25) is 25.2 Å². The number of benzene rings is 1. The minimum atomic E-state index is -0.556.